The van der Waals surface area contributed by atoms with Crippen molar-refractivity contribution in [3.8, 4) is 0 Å². The maximum atomic E-state index is 8.62. The van der Waals surface area contributed by atoms with Crippen LogP contribution in [-0.2, 0) is 0 Å². The van der Waals surface area contributed by atoms with Gasteiger partial charge in [-0.3, -0.25) is 0 Å². The van der Waals surface area contributed by atoms with Crippen LogP contribution in [0.25, 0.3) is 0 Å². The Kier molecular flexibility index (Phi) is 5.65. The van der Waals surface area contributed by atoms with Crippen LogP contribution in [0, 0.1) is 6.92 Å². The molecule has 0 unspecified atom stereocenters. The first kappa shape index (κ1) is 12.5. The first-order valence-electron chi connectivity index (χ1n) is 5.21. The van der Waals surface area contributed by atoms with Gasteiger partial charge in [0.05, 0.1) is 0 Å². The molecule has 3 nitrogen and oxygen atoms in total. The van der Waals surface area contributed by atoms with E-state index in [0.717, 1.165) is 41.7 Å². The number of aromatic nitrogens is 1. The molecule has 0 saturated heterocycles. The van der Waals surface area contributed by atoms with Crippen molar-refractivity contribution in [3.63, 3.8) is 0 Å². The number of halogens is 1. The molecule has 4 heteroatoms. The summed E-state index contributed by atoms with van der Waals surface area (Å²) >= 11 is 3.38. The second kappa shape index (κ2) is 6.80. The third-order valence-corrected chi connectivity index (χ3v) is 2.61. The number of nitrogens with zero attached hydrogens (tertiary/aromatic N) is 1. The summed E-state index contributed by atoms with van der Waals surface area (Å²) < 4.78 is 1.01. The van der Waals surface area contributed by atoms with Gasteiger partial charge < -0.3 is 10.4 Å². The van der Waals surface area contributed by atoms with E-state index in [1.807, 2.05) is 13.0 Å². The number of rotatable bonds is 6. The molecule has 0 aliphatic carbocycles. The summed E-state index contributed by atoms with van der Waals surface area (Å²) in [6, 6.07) is 2.04. The summed E-state index contributed by atoms with van der Waals surface area (Å²) in [7, 11) is 0. The minimum atomic E-state index is 0.287. The normalized spacial score (nSPS) is 10.3. The van der Waals surface area contributed by atoms with E-state index in [1.54, 1.807) is 6.20 Å². The molecule has 15 heavy (non-hydrogen) atoms. The molecule has 2 N–H and O–H groups in total. The van der Waals surface area contributed by atoms with Gasteiger partial charge in [-0.15, -0.1) is 0 Å². The lowest BCUT2D eigenvalue weighted by Crippen LogP contribution is -2.05. The molecule has 0 saturated carbocycles. The third kappa shape index (κ3) is 4.62. The summed E-state index contributed by atoms with van der Waals surface area (Å²) in [6.45, 7) is 3.23. The van der Waals surface area contributed by atoms with Gasteiger partial charge in [0.15, 0.2) is 0 Å². The Hall–Kier alpha value is -0.610. The van der Waals surface area contributed by atoms with Gasteiger partial charge in [-0.25, -0.2) is 4.98 Å². The van der Waals surface area contributed by atoms with E-state index in [4.69, 9.17) is 5.11 Å². The summed E-state index contributed by atoms with van der Waals surface area (Å²) in [5, 5.41) is 11.9. The summed E-state index contributed by atoms with van der Waals surface area (Å²) in [5.41, 5.74) is 1.14. The minimum absolute atomic E-state index is 0.287. The molecule has 0 amide bonds. The first-order chi connectivity index (χ1) is 7.24. The first-order valence-corrected chi connectivity index (χ1v) is 6.00. The molecule has 1 heterocycles. The quantitative estimate of drug-likeness (QED) is 0.783. The fourth-order valence-electron chi connectivity index (χ4n) is 1.35. The van der Waals surface area contributed by atoms with Gasteiger partial charge in [0.2, 0.25) is 0 Å². The van der Waals surface area contributed by atoms with Crippen molar-refractivity contribution in [3.05, 3.63) is 22.3 Å². The Bertz CT molecular complexity index is 305. The SMILES string of the molecule is Cc1cc(Br)cnc1NCCCCCO. The molecule has 0 aliphatic heterocycles. The second-order valence-electron chi connectivity index (χ2n) is 3.53. The van der Waals surface area contributed by atoms with Crippen LogP contribution >= 0.6 is 15.9 Å². The van der Waals surface area contributed by atoms with Crippen LogP contribution in [0.4, 0.5) is 5.82 Å². The topological polar surface area (TPSA) is 45.2 Å². The molecule has 0 fully saturated rings. The second-order valence-corrected chi connectivity index (χ2v) is 4.45. The van der Waals surface area contributed by atoms with Crippen molar-refractivity contribution in [2.45, 2.75) is 26.2 Å². The van der Waals surface area contributed by atoms with Crippen LogP contribution < -0.4 is 5.32 Å². The van der Waals surface area contributed by atoms with Crippen LogP contribution in [-0.4, -0.2) is 23.2 Å². The van der Waals surface area contributed by atoms with Gasteiger partial charge in [-0.05, 0) is 53.7 Å². The summed E-state index contributed by atoms with van der Waals surface area (Å²) in [6.07, 6.45) is 4.80. The van der Waals surface area contributed by atoms with Crippen molar-refractivity contribution in [1.29, 1.82) is 0 Å². The molecular weight excluding hydrogens is 256 g/mol. The summed E-state index contributed by atoms with van der Waals surface area (Å²) in [5.74, 6) is 0.946. The van der Waals surface area contributed by atoms with Gasteiger partial charge in [-0.1, -0.05) is 0 Å². The largest absolute Gasteiger partial charge is 0.396 e. The highest BCUT2D eigenvalue weighted by atomic mass is 79.9. The van der Waals surface area contributed by atoms with E-state index in [1.165, 1.54) is 0 Å². The van der Waals surface area contributed by atoms with Gasteiger partial charge in [0.1, 0.15) is 5.82 Å². The Labute approximate surface area is 99.1 Å². The molecule has 1 rings (SSSR count). The van der Waals surface area contributed by atoms with E-state index in [9.17, 15) is 0 Å². The molecule has 0 bridgehead atoms. The number of anilines is 1. The van der Waals surface area contributed by atoms with Gasteiger partial charge in [0, 0.05) is 23.8 Å². The number of aliphatic hydroxyl groups is 1. The van der Waals surface area contributed by atoms with E-state index in [0.29, 0.717) is 0 Å². The van der Waals surface area contributed by atoms with Crippen LogP contribution in [0.15, 0.2) is 16.7 Å². The standard InChI is InChI=1S/C11H17BrN2O/c1-9-7-10(12)8-14-11(9)13-5-3-2-4-6-15/h7-8,15H,2-6H2,1H3,(H,13,14). The van der Waals surface area contributed by atoms with Crippen molar-refractivity contribution in [2.75, 3.05) is 18.5 Å². The van der Waals surface area contributed by atoms with Crippen molar-refractivity contribution >= 4 is 21.7 Å². The van der Waals surface area contributed by atoms with Gasteiger partial charge >= 0.3 is 0 Å². The number of nitrogens with one attached hydrogen (secondary N) is 1. The zero-order chi connectivity index (χ0) is 11.1. The molecule has 84 valence electrons. The lowest BCUT2D eigenvalue weighted by atomic mass is 10.2. The molecule has 0 spiro atoms. The average Bonchev–Trinajstić information content (AvgIpc) is 2.20. The monoisotopic (exact) mass is 272 g/mol. The Balaban J connectivity index is 2.31. The number of pyridine rings is 1. The molecule has 0 atom stereocenters. The highest BCUT2D eigenvalue weighted by Gasteiger charge is 1.99. The maximum absolute atomic E-state index is 8.62. The predicted molar refractivity (Wildman–Crippen MR) is 66.1 cm³/mol. The minimum Gasteiger partial charge on any atom is -0.396 e. The zero-order valence-electron chi connectivity index (χ0n) is 8.96. The highest BCUT2D eigenvalue weighted by molar-refractivity contribution is 9.10. The molecule has 1 aromatic heterocycles. The average molecular weight is 273 g/mol. The van der Waals surface area contributed by atoms with Gasteiger partial charge in [0.25, 0.3) is 0 Å². The summed E-state index contributed by atoms with van der Waals surface area (Å²) in [4.78, 5) is 4.29. The third-order valence-electron chi connectivity index (χ3n) is 2.17. The molecular formula is C11H17BrN2O. The van der Waals surface area contributed by atoms with Crippen molar-refractivity contribution in [1.82, 2.24) is 4.98 Å². The van der Waals surface area contributed by atoms with Crippen LogP contribution in [0.1, 0.15) is 24.8 Å². The maximum Gasteiger partial charge on any atom is 0.128 e. The lowest BCUT2D eigenvalue weighted by Gasteiger charge is -2.08. The predicted octanol–water partition coefficient (Wildman–Crippen LogP) is 2.73. The van der Waals surface area contributed by atoms with E-state index < -0.39 is 0 Å². The number of aliphatic hydroxyl groups excluding tert-OH is 1. The van der Waals surface area contributed by atoms with E-state index in [2.05, 4.69) is 26.2 Å². The fraction of sp³-hybridized carbons (Fsp3) is 0.545. The smallest absolute Gasteiger partial charge is 0.128 e. The number of hydrogen-bond donors (Lipinski definition) is 2. The van der Waals surface area contributed by atoms with E-state index >= 15 is 0 Å². The fourth-order valence-corrected chi connectivity index (χ4v) is 1.79. The molecule has 0 radical (unpaired) electrons. The van der Waals surface area contributed by atoms with Crippen LogP contribution in [0.2, 0.25) is 0 Å². The van der Waals surface area contributed by atoms with Crippen molar-refractivity contribution in [2.24, 2.45) is 0 Å². The Morgan fingerprint density at radius 1 is 1.40 bits per heavy atom. The number of hydrogen-bond acceptors (Lipinski definition) is 3. The highest BCUT2D eigenvalue weighted by Crippen LogP contribution is 2.16. The van der Waals surface area contributed by atoms with Gasteiger partial charge in [-0.2, -0.15) is 0 Å². The Morgan fingerprint density at radius 3 is 2.87 bits per heavy atom. The number of unbranched alkanes of at least 4 members (excludes halogenated alkanes) is 2. The molecule has 1 aromatic rings. The van der Waals surface area contributed by atoms with E-state index in [-0.39, 0.29) is 6.61 Å². The van der Waals surface area contributed by atoms with Crippen LogP contribution in [0.5, 0.6) is 0 Å². The molecule has 0 aromatic carbocycles. The lowest BCUT2D eigenvalue weighted by molar-refractivity contribution is 0.283. The van der Waals surface area contributed by atoms with Crippen LogP contribution in [0.3, 0.4) is 0 Å². The Morgan fingerprint density at radius 2 is 2.20 bits per heavy atom. The zero-order valence-corrected chi connectivity index (χ0v) is 10.5. The molecule has 0 aliphatic rings. The van der Waals surface area contributed by atoms with Crippen molar-refractivity contribution < 1.29 is 5.11 Å². The number of aryl methyl sites for hydroxylation is 1.